The lowest BCUT2D eigenvalue weighted by Gasteiger charge is -2.37. The Kier molecular flexibility index (Phi) is 9.28. The molecule has 0 saturated carbocycles. The van der Waals surface area contributed by atoms with E-state index in [0.717, 1.165) is 42.9 Å². The van der Waals surface area contributed by atoms with Crippen molar-refractivity contribution in [3.05, 3.63) is 93.6 Å². The van der Waals surface area contributed by atoms with Crippen molar-refractivity contribution in [1.82, 2.24) is 24.2 Å². The van der Waals surface area contributed by atoms with E-state index in [-0.39, 0.29) is 30.0 Å². The highest BCUT2D eigenvalue weighted by atomic mass is 32.1. The highest BCUT2D eigenvalue weighted by molar-refractivity contribution is 7.13. The minimum absolute atomic E-state index is 0.00193. The van der Waals surface area contributed by atoms with Crippen LogP contribution in [0.2, 0.25) is 0 Å². The van der Waals surface area contributed by atoms with Crippen molar-refractivity contribution in [2.24, 2.45) is 0 Å². The van der Waals surface area contributed by atoms with Gasteiger partial charge in [-0.05, 0) is 69.0 Å². The van der Waals surface area contributed by atoms with Crippen LogP contribution >= 0.6 is 11.3 Å². The zero-order valence-corrected chi connectivity index (χ0v) is 24.9. The summed E-state index contributed by atoms with van der Waals surface area (Å²) in [6.45, 7) is 5.40. The first-order chi connectivity index (χ1) is 20.3. The minimum Gasteiger partial charge on any atom is -0.469 e. The van der Waals surface area contributed by atoms with Crippen molar-refractivity contribution < 1.29 is 14.3 Å². The summed E-state index contributed by atoms with van der Waals surface area (Å²) in [5.41, 5.74) is 3.57. The average Bonchev–Trinajstić information content (AvgIpc) is 3.63. The number of hydrogen-bond donors (Lipinski definition) is 1. The molecule has 10 nitrogen and oxygen atoms in total. The largest absolute Gasteiger partial charge is 0.469 e. The second-order valence-corrected chi connectivity index (χ2v) is 11.6. The fraction of sp³-hybridized carbons (Fsp3) is 0.387. The molecule has 11 heteroatoms. The van der Waals surface area contributed by atoms with Gasteiger partial charge in [-0.15, -0.1) is 11.3 Å². The van der Waals surface area contributed by atoms with Crippen molar-refractivity contribution in [1.29, 1.82) is 0 Å². The van der Waals surface area contributed by atoms with Gasteiger partial charge < -0.3 is 10.1 Å². The molecule has 1 saturated heterocycles. The Hall–Kier alpha value is -4.09. The second kappa shape index (κ2) is 13.3. The molecule has 0 radical (unpaired) electrons. The number of anilines is 1. The number of aryl methyl sites for hydroxylation is 1. The number of hydrogen-bond acceptors (Lipinski definition) is 8. The number of nitrogens with one attached hydrogen (secondary N) is 1. The van der Waals surface area contributed by atoms with Gasteiger partial charge in [0.05, 0.1) is 31.0 Å². The van der Waals surface area contributed by atoms with E-state index in [1.807, 2.05) is 61.7 Å². The van der Waals surface area contributed by atoms with E-state index in [4.69, 9.17) is 4.74 Å². The van der Waals surface area contributed by atoms with Crippen LogP contribution in [0, 0.1) is 0 Å². The van der Waals surface area contributed by atoms with Gasteiger partial charge >= 0.3 is 11.7 Å². The molecule has 2 aromatic heterocycles. The van der Waals surface area contributed by atoms with Gasteiger partial charge in [-0.2, -0.15) is 5.10 Å². The van der Waals surface area contributed by atoms with Gasteiger partial charge in [-0.3, -0.25) is 14.5 Å². The molecule has 1 aliphatic rings. The monoisotopic (exact) mass is 588 g/mol. The number of rotatable bonds is 10. The van der Waals surface area contributed by atoms with Crippen LogP contribution in [0.5, 0.6) is 0 Å². The Balaban J connectivity index is 1.24. The predicted octanol–water partition coefficient (Wildman–Crippen LogP) is 4.74. The lowest BCUT2D eigenvalue weighted by molar-refractivity contribution is -0.140. The summed E-state index contributed by atoms with van der Waals surface area (Å²) in [7, 11) is 1.37. The van der Waals surface area contributed by atoms with Crippen molar-refractivity contribution in [3.8, 4) is 5.69 Å². The SMILES string of the molecule is COC(=O)CCc1csc(NC(=O)C(c2ccccc2)N2CCC(c3ccc(-n4cnn(C(C)C)c4=O)cc3)CC2)n1. The highest BCUT2D eigenvalue weighted by Crippen LogP contribution is 2.33. The maximum atomic E-state index is 13.6. The minimum atomic E-state index is -0.443. The molecule has 0 aliphatic carbocycles. The summed E-state index contributed by atoms with van der Waals surface area (Å²) >= 11 is 1.36. The van der Waals surface area contributed by atoms with Gasteiger partial charge in [0.25, 0.3) is 0 Å². The summed E-state index contributed by atoms with van der Waals surface area (Å²) in [6.07, 6.45) is 4.11. The number of esters is 1. The van der Waals surface area contributed by atoms with Crippen molar-refractivity contribution >= 4 is 28.3 Å². The maximum Gasteiger partial charge on any atom is 0.350 e. The Morgan fingerprint density at radius 2 is 1.79 bits per heavy atom. The van der Waals surface area contributed by atoms with E-state index in [9.17, 15) is 14.4 Å². The summed E-state index contributed by atoms with van der Waals surface area (Å²) in [6, 6.07) is 17.5. The van der Waals surface area contributed by atoms with E-state index in [1.54, 1.807) is 10.9 Å². The van der Waals surface area contributed by atoms with Crippen LogP contribution in [0.25, 0.3) is 5.69 Å². The van der Waals surface area contributed by atoms with E-state index in [0.29, 0.717) is 17.5 Å². The molecule has 4 aromatic rings. The topological polar surface area (TPSA) is 111 Å². The zero-order chi connectivity index (χ0) is 29.6. The number of carbonyl (C=O) groups excluding carboxylic acids is 2. The highest BCUT2D eigenvalue weighted by Gasteiger charge is 2.32. The predicted molar refractivity (Wildman–Crippen MR) is 162 cm³/mol. The van der Waals surface area contributed by atoms with E-state index in [1.165, 1.54) is 28.7 Å². The molecular weight excluding hydrogens is 552 g/mol. The van der Waals surface area contributed by atoms with E-state index >= 15 is 0 Å². The van der Waals surface area contributed by atoms with Crippen LogP contribution in [0.3, 0.4) is 0 Å². The van der Waals surface area contributed by atoms with Crippen LogP contribution in [0.4, 0.5) is 5.13 Å². The molecule has 1 N–H and O–H groups in total. The molecule has 1 aliphatic heterocycles. The van der Waals surface area contributed by atoms with Crippen molar-refractivity contribution in [2.45, 2.75) is 57.5 Å². The molecule has 1 unspecified atom stereocenters. The smallest absolute Gasteiger partial charge is 0.350 e. The normalized spacial score (nSPS) is 15.0. The van der Waals surface area contributed by atoms with Gasteiger partial charge in [0.15, 0.2) is 5.13 Å². The third-order valence-corrected chi connectivity index (χ3v) is 8.49. The molecule has 5 rings (SSSR count). The average molecular weight is 589 g/mol. The Bertz CT molecular complexity index is 1550. The van der Waals surface area contributed by atoms with Crippen LogP contribution in [-0.4, -0.2) is 56.3 Å². The van der Waals surface area contributed by atoms with Gasteiger partial charge in [-0.1, -0.05) is 42.5 Å². The third kappa shape index (κ3) is 6.69. The number of thiazole rings is 1. The lowest BCUT2D eigenvalue weighted by atomic mass is 9.88. The fourth-order valence-corrected chi connectivity index (χ4v) is 6.14. The maximum absolute atomic E-state index is 13.6. The third-order valence-electron chi connectivity index (χ3n) is 7.68. The first-order valence-electron chi connectivity index (χ1n) is 14.2. The number of piperidine rings is 1. The number of aromatic nitrogens is 4. The molecule has 1 amide bonds. The molecule has 1 atom stereocenters. The molecule has 1 fully saturated rings. The Morgan fingerprint density at radius 3 is 2.43 bits per heavy atom. The number of nitrogens with zero attached hydrogens (tertiary/aromatic N) is 5. The van der Waals surface area contributed by atoms with Crippen molar-refractivity contribution in [3.63, 3.8) is 0 Å². The number of ether oxygens (including phenoxy) is 1. The number of likely N-dealkylation sites (tertiary alicyclic amines) is 1. The Labute approximate surface area is 249 Å². The van der Waals surface area contributed by atoms with Gasteiger partial charge in [0.2, 0.25) is 5.91 Å². The summed E-state index contributed by atoms with van der Waals surface area (Å²) in [5, 5.41) is 9.62. The first kappa shape index (κ1) is 29.4. The quantitative estimate of drug-likeness (QED) is 0.267. The molecular formula is C31H36N6O4S. The fourth-order valence-electron chi connectivity index (χ4n) is 5.39. The Morgan fingerprint density at radius 1 is 1.07 bits per heavy atom. The van der Waals surface area contributed by atoms with Crippen LogP contribution in [0.15, 0.2) is 71.1 Å². The summed E-state index contributed by atoms with van der Waals surface area (Å²) < 4.78 is 7.75. The van der Waals surface area contributed by atoms with Gasteiger partial charge in [0.1, 0.15) is 12.4 Å². The first-order valence-corrected chi connectivity index (χ1v) is 15.1. The number of methoxy groups -OCH3 is 1. The molecule has 42 heavy (non-hydrogen) atoms. The molecule has 2 aromatic carbocycles. The van der Waals surface area contributed by atoms with Crippen molar-refractivity contribution in [2.75, 3.05) is 25.5 Å². The molecule has 3 heterocycles. The second-order valence-electron chi connectivity index (χ2n) is 10.7. The van der Waals surface area contributed by atoms with E-state index < -0.39 is 6.04 Å². The van der Waals surface area contributed by atoms with Gasteiger partial charge in [0, 0.05) is 11.8 Å². The summed E-state index contributed by atoms with van der Waals surface area (Å²) in [4.78, 5) is 44.5. The van der Waals surface area contributed by atoms with E-state index in [2.05, 4.69) is 32.4 Å². The molecule has 220 valence electrons. The lowest BCUT2D eigenvalue weighted by Crippen LogP contribution is -2.41. The zero-order valence-electron chi connectivity index (χ0n) is 24.1. The summed E-state index contributed by atoms with van der Waals surface area (Å²) in [5.74, 6) is -0.0438. The number of amides is 1. The number of benzene rings is 2. The van der Waals surface area contributed by atoms with Gasteiger partial charge in [-0.25, -0.2) is 19.0 Å². The number of carbonyl (C=O) groups is 2. The molecule has 0 bridgehead atoms. The molecule has 0 spiro atoms. The standard InChI is InChI=1S/C31H36N6O4S/c1-21(2)37-31(40)36(20-32-37)26-12-9-22(10-13-26)23-15-17-35(18-16-23)28(24-7-5-4-6-8-24)29(39)34-30-33-25(19-42-30)11-14-27(38)41-3/h4-10,12-13,19-21,23,28H,11,14-18H2,1-3H3,(H,33,34,39). The van der Waals surface area contributed by atoms with Crippen LogP contribution in [0.1, 0.15) is 67.9 Å². The van der Waals surface area contributed by atoms with Crippen LogP contribution in [-0.2, 0) is 20.7 Å². The van der Waals surface area contributed by atoms with Crippen LogP contribution < -0.4 is 11.0 Å².